The summed E-state index contributed by atoms with van der Waals surface area (Å²) < 4.78 is 29.6. The SMILES string of the molecule is CCOc1nccc2c(Oc3ccc([S-](=N)=O)cc3)ccnc12. The number of hydrogen-bond donors (Lipinski definition) is 1. The van der Waals surface area contributed by atoms with Crippen molar-refractivity contribution in [2.24, 2.45) is 0 Å². The van der Waals surface area contributed by atoms with E-state index in [0.717, 1.165) is 5.39 Å². The molecule has 6 nitrogen and oxygen atoms in total. The summed E-state index contributed by atoms with van der Waals surface area (Å²) in [5, 5.41) is 0.791. The lowest BCUT2D eigenvalue weighted by atomic mass is 10.2. The van der Waals surface area contributed by atoms with Crippen molar-refractivity contribution in [1.29, 1.82) is 4.78 Å². The predicted octanol–water partition coefficient (Wildman–Crippen LogP) is 3.91. The van der Waals surface area contributed by atoms with E-state index in [4.69, 9.17) is 14.3 Å². The van der Waals surface area contributed by atoms with E-state index in [1.165, 1.54) is 0 Å². The number of rotatable bonds is 5. The Morgan fingerprint density at radius 2 is 1.83 bits per heavy atom. The van der Waals surface area contributed by atoms with Gasteiger partial charge in [0, 0.05) is 12.4 Å². The van der Waals surface area contributed by atoms with Crippen molar-refractivity contribution in [2.75, 3.05) is 6.61 Å². The maximum atomic E-state index is 11.1. The number of fused-ring (bicyclic) bond motifs is 1. The molecule has 0 atom stereocenters. The topological polar surface area (TPSA) is 85.2 Å². The Bertz CT molecular complexity index is 900. The summed E-state index contributed by atoms with van der Waals surface area (Å²) in [6.07, 6.45) is 3.28. The molecule has 118 valence electrons. The van der Waals surface area contributed by atoms with E-state index in [-0.39, 0.29) is 0 Å². The second-order valence-electron chi connectivity index (χ2n) is 4.60. The van der Waals surface area contributed by atoms with Crippen molar-refractivity contribution in [3.05, 3.63) is 48.8 Å². The van der Waals surface area contributed by atoms with Crippen LogP contribution in [-0.2, 0) is 14.8 Å². The predicted molar refractivity (Wildman–Crippen MR) is 86.3 cm³/mol. The molecule has 2 aromatic heterocycles. The van der Waals surface area contributed by atoms with Crippen LogP contribution in [0.2, 0.25) is 0 Å². The maximum absolute atomic E-state index is 11.1. The van der Waals surface area contributed by atoms with Crippen molar-refractivity contribution in [2.45, 2.75) is 11.8 Å². The molecule has 0 spiro atoms. The Morgan fingerprint density at radius 1 is 1.09 bits per heavy atom. The summed E-state index contributed by atoms with van der Waals surface area (Å²) in [4.78, 5) is 8.92. The summed E-state index contributed by atoms with van der Waals surface area (Å²) in [5.74, 6) is 1.68. The van der Waals surface area contributed by atoms with Gasteiger partial charge >= 0.3 is 0 Å². The third kappa shape index (κ3) is 3.24. The molecule has 0 unspecified atom stereocenters. The molecule has 0 saturated heterocycles. The van der Waals surface area contributed by atoms with Crippen LogP contribution in [-0.4, -0.2) is 16.6 Å². The molecule has 0 aliphatic rings. The lowest BCUT2D eigenvalue weighted by molar-refractivity contribution is 0.330. The van der Waals surface area contributed by atoms with Crippen LogP contribution in [0.15, 0.2) is 53.7 Å². The highest BCUT2D eigenvalue weighted by Gasteiger charge is 2.09. The van der Waals surface area contributed by atoms with E-state index in [1.807, 2.05) is 13.0 Å². The standard InChI is InChI=1S/C16H14N3O3S/c1-2-21-16-15-13(7-9-19-16)14(8-10-18-15)22-11-3-5-12(6-4-11)23(17)20/h3-10,17H,2H2,1H3/q-1. The average Bonchev–Trinajstić information content (AvgIpc) is 2.56. The third-order valence-corrected chi connectivity index (χ3v) is 3.83. The molecular formula is C16H14N3O3S-. The van der Waals surface area contributed by atoms with Crippen LogP contribution in [0.4, 0.5) is 0 Å². The zero-order valence-corrected chi connectivity index (χ0v) is 13.2. The Labute approximate surface area is 135 Å². The highest BCUT2D eigenvalue weighted by molar-refractivity contribution is 7.73. The van der Waals surface area contributed by atoms with Crippen LogP contribution in [0.3, 0.4) is 0 Å². The Morgan fingerprint density at radius 3 is 2.52 bits per heavy atom. The van der Waals surface area contributed by atoms with Crippen LogP contribution < -0.4 is 9.47 Å². The minimum absolute atomic E-state index is 0.430. The first-order valence-corrected chi connectivity index (χ1v) is 8.11. The fourth-order valence-corrected chi connectivity index (χ4v) is 2.50. The summed E-state index contributed by atoms with van der Waals surface area (Å²) in [7, 11) is -1.75. The summed E-state index contributed by atoms with van der Waals surface area (Å²) in [6, 6.07) is 10.1. The second kappa shape index (κ2) is 6.62. The number of hydrogen-bond acceptors (Lipinski definition) is 7. The van der Waals surface area contributed by atoms with Crippen molar-refractivity contribution >= 4 is 21.5 Å². The molecule has 0 bridgehead atoms. The fraction of sp³-hybridized carbons (Fsp3) is 0.125. The van der Waals surface area contributed by atoms with Gasteiger partial charge in [0.15, 0.2) is 0 Å². The number of pyridine rings is 2. The molecule has 3 aromatic rings. The van der Waals surface area contributed by atoms with Gasteiger partial charge in [0.1, 0.15) is 17.0 Å². The van der Waals surface area contributed by atoms with Crippen molar-refractivity contribution in [3.8, 4) is 17.4 Å². The average molecular weight is 328 g/mol. The number of benzene rings is 1. The first kappa shape index (κ1) is 15.2. The van der Waals surface area contributed by atoms with Crippen LogP contribution in [0, 0.1) is 4.78 Å². The molecule has 7 heteroatoms. The van der Waals surface area contributed by atoms with Crippen LogP contribution in [0.25, 0.3) is 10.9 Å². The summed E-state index contributed by atoms with van der Waals surface area (Å²) in [6.45, 7) is 2.39. The Kier molecular flexibility index (Phi) is 4.38. The van der Waals surface area contributed by atoms with Crippen LogP contribution in [0.1, 0.15) is 6.92 Å². The normalized spacial score (nSPS) is 10.9. The lowest BCUT2D eigenvalue weighted by Gasteiger charge is -2.11. The van der Waals surface area contributed by atoms with Gasteiger partial charge < -0.3 is 18.5 Å². The van der Waals surface area contributed by atoms with E-state index < -0.39 is 10.6 Å². The molecular weight excluding hydrogens is 314 g/mol. The minimum atomic E-state index is -1.75. The van der Waals surface area contributed by atoms with Crippen molar-refractivity contribution in [3.63, 3.8) is 0 Å². The van der Waals surface area contributed by atoms with Crippen molar-refractivity contribution < 1.29 is 13.7 Å². The molecule has 1 N–H and O–H groups in total. The molecule has 3 rings (SSSR count). The van der Waals surface area contributed by atoms with Crippen LogP contribution in [0.5, 0.6) is 17.4 Å². The van der Waals surface area contributed by atoms with Crippen LogP contribution >= 0.6 is 0 Å². The smallest absolute Gasteiger partial charge is 0.240 e. The first-order chi connectivity index (χ1) is 11.2. The van der Waals surface area contributed by atoms with Gasteiger partial charge in [-0.1, -0.05) is 17.0 Å². The van der Waals surface area contributed by atoms with E-state index in [2.05, 4.69) is 9.97 Å². The largest absolute Gasteiger partial charge is 0.476 e. The van der Waals surface area contributed by atoms with Gasteiger partial charge in [-0.05, 0) is 31.2 Å². The molecule has 1 aromatic carbocycles. The number of nitrogens with one attached hydrogen (secondary N) is 1. The molecule has 0 fully saturated rings. The zero-order valence-electron chi connectivity index (χ0n) is 12.4. The molecule has 2 heterocycles. The molecule has 0 radical (unpaired) electrons. The minimum Gasteiger partial charge on any atom is -0.476 e. The van der Waals surface area contributed by atoms with Gasteiger partial charge in [-0.25, -0.2) is 4.98 Å². The molecule has 23 heavy (non-hydrogen) atoms. The lowest BCUT2D eigenvalue weighted by Crippen LogP contribution is -1.97. The van der Waals surface area contributed by atoms with Gasteiger partial charge in [0.25, 0.3) is 0 Å². The van der Waals surface area contributed by atoms with E-state index >= 15 is 0 Å². The Balaban J connectivity index is 1.98. The maximum Gasteiger partial charge on any atom is 0.240 e. The van der Waals surface area contributed by atoms with Gasteiger partial charge in [0.05, 0.1) is 12.0 Å². The molecule has 0 aliphatic heterocycles. The fourth-order valence-electron chi connectivity index (χ4n) is 2.12. The van der Waals surface area contributed by atoms with Gasteiger partial charge in [-0.2, -0.15) is 10.6 Å². The molecule has 0 saturated carbocycles. The third-order valence-electron chi connectivity index (χ3n) is 3.13. The molecule has 0 aliphatic carbocycles. The highest BCUT2D eigenvalue weighted by atomic mass is 32.2. The zero-order chi connectivity index (χ0) is 16.2. The monoisotopic (exact) mass is 328 g/mol. The quantitative estimate of drug-likeness (QED) is 0.718. The highest BCUT2D eigenvalue weighted by Crippen LogP contribution is 2.31. The van der Waals surface area contributed by atoms with E-state index in [9.17, 15) is 4.21 Å². The summed E-state index contributed by atoms with van der Waals surface area (Å²) >= 11 is 0. The van der Waals surface area contributed by atoms with Gasteiger partial charge in [-0.3, -0.25) is 4.98 Å². The van der Waals surface area contributed by atoms with E-state index in [0.29, 0.717) is 34.4 Å². The number of nitrogens with zero attached hydrogens (tertiary/aromatic N) is 2. The molecule has 0 amide bonds. The second-order valence-corrected chi connectivity index (χ2v) is 5.61. The number of aromatic nitrogens is 2. The summed E-state index contributed by atoms with van der Waals surface area (Å²) in [5.41, 5.74) is 0.635. The van der Waals surface area contributed by atoms with Gasteiger partial charge in [-0.15, -0.1) is 0 Å². The van der Waals surface area contributed by atoms with E-state index in [1.54, 1.807) is 42.7 Å². The number of ether oxygens (including phenoxy) is 2. The van der Waals surface area contributed by atoms with Gasteiger partial charge in [0.2, 0.25) is 5.88 Å². The Hall–Kier alpha value is -2.67. The first-order valence-electron chi connectivity index (χ1n) is 6.96. The van der Waals surface area contributed by atoms with Crippen molar-refractivity contribution in [1.82, 2.24) is 9.97 Å².